The zero-order valence-corrected chi connectivity index (χ0v) is 36.6. The maximum absolute atomic E-state index is 6.43. The van der Waals surface area contributed by atoms with Crippen molar-refractivity contribution >= 4 is 45.3 Å². The fourth-order valence-electron chi connectivity index (χ4n) is 7.10. The van der Waals surface area contributed by atoms with Crippen LogP contribution < -0.4 is 37.9 Å². The number of fused-ring (bicyclic) bond motifs is 2. The minimum absolute atomic E-state index is 0.0108. The summed E-state index contributed by atoms with van der Waals surface area (Å²) in [5, 5.41) is 0. The third-order valence-corrected chi connectivity index (χ3v) is 15.5. The van der Waals surface area contributed by atoms with E-state index in [0.29, 0.717) is 26.4 Å². The topological polar surface area (TPSA) is 73.8 Å². The zero-order valence-electron chi connectivity index (χ0n) is 33.3. The summed E-state index contributed by atoms with van der Waals surface area (Å²) in [5.74, 6) is 6.00. The first kappa shape index (κ1) is 38.5. The summed E-state index contributed by atoms with van der Waals surface area (Å²) >= 11 is 6.96. The van der Waals surface area contributed by atoms with E-state index in [4.69, 9.17) is 37.9 Å². The first-order valence-electron chi connectivity index (χ1n) is 18.8. The third kappa shape index (κ3) is 6.58. The second-order valence-corrected chi connectivity index (χ2v) is 18.3. The number of thiophene rings is 4. The van der Waals surface area contributed by atoms with Crippen LogP contribution in [0.5, 0.6) is 46.0 Å². The van der Waals surface area contributed by atoms with Crippen LogP contribution in [0.1, 0.15) is 49.9 Å². The highest BCUT2D eigenvalue weighted by Gasteiger charge is 2.34. The van der Waals surface area contributed by atoms with Gasteiger partial charge >= 0.3 is 0 Å². The molecule has 0 bridgehead atoms. The van der Waals surface area contributed by atoms with Crippen LogP contribution in [0.4, 0.5) is 0 Å². The van der Waals surface area contributed by atoms with E-state index in [1.807, 2.05) is 86.8 Å². The first-order chi connectivity index (χ1) is 27.0. The van der Waals surface area contributed by atoms with Crippen LogP contribution in [0.25, 0.3) is 50.1 Å². The van der Waals surface area contributed by atoms with Crippen LogP contribution in [-0.2, 0) is 0 Å². The lowest BCUT2D eigenvalue weighted by molar-refractivity contribution is 0.174. The van der Waals surface area contributed by atoms with Gasteiger partial charge in [0.15, 0.2) is 23.0 Å². The largest absolute Gasteiger partial charge is 0.496 e. The molecule has 6 heterocycles. The quantitative estimate of drug-likeness (QED) is 0.128. The predicted molar refractivity (Wildman–Crippen MR) is 231 cm³/mol. The van der Waals surface area contributed by atoms with E-state index >= 15 is 0 Å². The van der Waals surface area contributed by atoms with Gasteiger partial charge in [0.2, 0.25) is 0 Å². The predicted octanol–water partition coefficient (Wildman–Crippen LogP) is 12.6. The maximum Gasteiger partial charge on any atom is 0.181 e. The highest BCUT2D eigenvalue weighted by atomic mass is 32.1. The van der Waals surface area contributed by atoms with Gasteiger partial charge in [-0.25, -0.2) is 0 Å². The number of hydrogen-bond donors (Lipinski definition) is 0. The molecule has 0 aliphatic carbocycles. The molecule has 2 aliphatic rings. The Hall–Kier alpha value is -4.36. The average Bonchev–Trinajstić information content (AvgIpc) is 3.92. The van der Waals surface area contributed by atoms with E-state index in [-0.39, 0.29) is 12.2 Å². The van der Waals surface area contributed by atoms with Crippen molar-refractivity contribution in [2.24, 2.45) is 0 Å². The SMILES string of the molecule is COc1cccc(OC(C)C)c1-c1sc(-c2sc(-c3sc(-c4sc(-c5c(OC)cccc5OC(C)C)c5c4OCCO5)c(C)c3C)c(C)c2C)c2c1OCCO2. The Bertz CT molecular complexity index is 2260. The van der Waals surface area contributed by atoms with Crippen molar-refractivity contribution in [2.45, 2.75) is 67.6 Å². The number of hydrogen-bond acceptors (Lipinski definition) is 12. The average molecular weight is 831 g/mol. The molecule has 0 unspecified atom stereocenters. The standard InChI is InChI=1S/C44H46O8S4/c1-21(2)51-29-15-11-13-27(45-9)31(29)41-33-35(49-19-17-47-33)43(55-41)39-25(7)23(5)37(53-39)38-24(6)26(8)40(54-38)44-36-34(48-18-20-50-36)42(56-44)32-28(46-10)14-12-16-30(32)52-22(3)4/h11-16,21-22H,17-20H2,1-10H3. The van der Waals surface area contributed by atoms with Crippen molar-refractivity contribution in [2.75, 3.05) is 40.6 Å². The Kier molecular flexibility index (Phi) is 10.7. The molecule has 6 aromatic rings. The van der Waals surface area contributed by atoms with Crippen LogP contribution in [0.2, 0.25) is 0 Å². The minimum atomic E-state index is -0.0108. The van der Waals surface area contributed by atoms with Crippen molar-refractivity contribution in [3.05, 3.63) is 58.7 Å². The minimum Gasteiger partial charge on any atom is -0.496 e. The summed E-state index contributed by atoms with van der Waals surface area (Å²) in [4.78, 5) is 8.83. The highest BCUT2D eigenvalue weighted by Crippen LogP contribution is 2.62. The fourth-order valence-corrected chi connectivity index (χ4v) is 12.8. The molecule has 0 saturated heterocycles. The lowest BCUT2D eigenvalue weighted by atomic mass is 10.1. The number of ether oxygens (including phenoxy) is 8. The Balaban J connectivity index is 1.26. The lowest BCUT2D eigenvalue weighted by Gasteiger charge is -2.20. The van der Waals surface area contributed by atoms with Crippen LogP contribution in [0.3, 0.4) is 0 Å². The van der Waals surface area contributed by atoms with E-state index in [1.165, 1.54) is 41.8 Å². The van der Waals surface area contributed by atoms with E-state index in [0.717, 1.165) is 76.6 Å². The molecule has 2 aliphatic heterocycles. The van der Waals surface area contributed by atoms with Crippen molar-refractivity contribution < 1.29 is 37.9 Å². The van der Waals surface area contributed by atoms with Crippen molar-refractivity contribution in [1.29, 1.82) is 0 Å². The maximum atomic E-state index is 6.43. The van der Waals surface area contributed by atoms with Gasteiger partial charge in [-0.3, -0.25) is 0 Å². The van der Waals surface area contributed by atoms with E-state index in [1.54, 1.807) is 36.9 Å². The Morgan fingerprint density at radius 1 is 0.429 bits per heavy atom. The summed E-state index contributed by atoms with van der Waals surface area (Å²) in [6.45, 7) is 18.9. The molecule has 0 saturated carbocycles. The van der Waals surface area contributed by atoms with Crippen molar-refractivity contribution in [3.63, 3.8) is 0 Å². The second-order valence-electron chi connectivity index (χ2n) is 14.3. The van der Waals surface area contributed by atoms with Gasteiger partial charge < -0.3 is 37.9 Å². The molecule has 2 aromatic carbocycles. The van der Waals surface area contributed by atoms with E-state index < -0.39 is 0 Å². The summed E-state index contributed by atoms with van der Waals surface area (Å²) in [7, 11) is 3.38. The molecule has 0 radical (unpaired) electrons. The van der Waals surface area contributed by atoms with Gasteiger partial charge in [0.05, 0.1) is 66.8 Å². The lowest BCUT2D eigenvalue weighted by Crippen LogP contribution is -2.15. The van der Waals surface area contributed by atoms with Gasteiger partial charge in [0.1, 0.15) is 49.4 Å². The summed E-state index contributed by atoms with van der Waals surface area (Å²) < 4.78 is 50.0. The van der Waals surface area contributed by atoms with E-state index in [2.05, 4.69) is 27.7 Å². The molecule has 8 rings (SSSR count). The molecule has 0 atom stereocenters. The van der Waals surface area contributed by atoms with Gasteiger partial charge in [0.25, 0.3) is 0 Å². The van der Waals surface area contributed by atoms with Crippen molar-refractivity contribution in [1.82, 2.24) is 0 Å². The highest BCUT2D eigenvalue weighted by molar-refractivity contribution is 7.30. The summed E-state index contributed by atoms with van der Waals surface area (Å²) in [5.41, 5.74) is 6.70. The molecule has 294 valence electrons. The zero-order chi connectivity index (χ0) is 39.4. The number of benzene rings is 2. The molecule has 12 heteroatoms. The molecule has 56 heavy (non-hydrogen) atoms. The monoisotopic (exact) mass is 830 g/mol. The van der Waals surface area contributed by atoms with Gasteiger partial charge in [-0.05, 0) is 102 Å². The van der Waals surface area contributed by atoms with Gasteiger partial charge in [0, 0.05) is 9.75 Å². The Labute approximate surface area is 344 Å². The van der Waals surface area contributed by atoms with Crippen LogP contribution >= 0.6 is 45.3 Å². The Morgan fingerprint density at radius 2 is 0.714 bits per heavy atom. The molecule has 8 nitrogen and oxygen atoms in total. The van der Waals surface area contributed by atoms with Gasteiger partial charge in [-0.1, -0.05) is 12.1 Å². The van der Waals surface area contributed by atoms with Crippen molar-refractivity contribution in [3.8, 4) is 96.1 Å². The van der Waals surface area contributed by atoms with Crippen LogP contribution in [-0.4, -0.2) is 52.9 Å². The smallest absolute Gasteiger partial charge is 0.181 e. The van der Waals surface area contributed by atoms with Gasteiger partial charge in [-0.2, -0.15) is 0 Å². The van der Waals surface area contributed by atoms with Crippen LogP contribution in [0, 0.1) is 27.7 Å². The van der Waals surface area contributed by atoms with Crippen LogP contribution in [0.15, 0.2) is 36.4 Å². The molecular weight excluding hydrogens is 785 g/mol. The fraction of sp³-hybridized carbons (Fsp3) is 0.364. The Morgan fingerprint density at radius 3 is 1.04 bits per heavy atom. The molecule has 4 aromatic heterocycles. The van der Waals surface area contributed by atoms with E-state index in [9.17, 15) is 0 Å². The summed E-state index contributed by atoms with van der Waals surface area (Å²) in [6.07, 6.45) is -0.0217. The third-order valence-electron chi connectivity index (χ3n) is 9.91. The normalized spacial score (nSPS) is 13.4. The summed E-state index contributed by atoms with van der Waals surface area (Å²) in [6, 6.07) is 11.8. The van der Waals surface area contributed by atoms with Gasteiger partial charge in [-0.15, -0.1) is 45.3 Å². The number of rotatable bonds is 11. The molecule has 0 N–H and O–H groups in total. The molecule has 0 spiro atoms. The molecule has 0 amide bonds. The molecule has 0 fully saturated rings. The second kappa shape index (κ2) is 15.5. The first-order valence-corrected chi connectivity index (χ1v) is 22.0. The number of methoxy groups -OCH3 is 2. The molecular formula is C44H46O8S4.